The van der Waals surface area contributed by atoms with Crippen molar-refractivity contribution in [2.24, 2.45) is 5.10 Å². The maximum Gasteiger partial charge on any atom is 0.272 e. The zero-order chi connectivity index (χ0) is 21.4. The third-order valence-corrected chi connectivity index (χ3v) is 5.20. The number of hydrazone groups is 1. The molecule has 5 rings (SSSR count). The average molecular weight is 412 g/mol. The molecule has 1 aliphatic heterocycles. The Bertz CT molecular complexity index is 1360. The highest BCUT2D eigenvalue weighted by atomic mass is 19.1. The minimum absolute atomic E-state index is 0.339. The zero-order valence-corrected chi connectivity index (χ0v) is 16.3. The third-order valence-electron chi connectivity index (χ3n) is 5.20. The molecule has 0 spiro atoms. The van der Waals surface area contributed by atoms with Crippen LogP contribution < -0.4 is 10.7 Å². The molecule has 2 heterocycles. The fourth-order valence-corrected chi connectivity index (χ4v) is 3.79. The number of carbonyl (C=O) groups is 2. The van der Waals surface area contributed by atoms with E-state index >= 15 is 0 Å². The van der Waals surface area contributed by atoms with Crippen LogP contribution in [0.2, 0.25) is 0 Å². The molecule has 0 fully saturated rings. The molecule has 3 N–H and O–H groups in total. The Kier molecular flexibility index (Phi) is 4.55. The Labute approximate surface area is 176 Å². The van der Waals surface area contributed by atoms with Gasteiger partial charge in [0, 0.05) is 27.7 Å². The smallest absolute Gasteiger partial charge is 0.272 e. The molecule has 4 aromatic rings. The van der Waals surface area contributed by atoms with Crippen molar-refractivity contribution in [3.63, 3.8) is 0 Å². The molecule has 7 heteroatoms. The van der Waals surface area contributed by atoms with Crippen LogP contribution in [0.3, 0.4) is 0 Å². The van der Waals surface area contributed by atoms with E-state index in [2.05, 4.69) is 20.8 Å². The second-order valence-corrected chi connectivity index (χ2v) is 7.21. The number of anilines is 1. The summed E-state index contributed by atoms with van der Waals surface area (Å²) in [4.78, 5) is 28.7. The van der Waals surface area contributed by atoms with E-state index in [4.69, 9.17) is 0 Å². The number of halogens is 1. The van der Waals surface area contributed by atoms with Crippen LogP contribution in [0.5, 0.6) is 0 Å². The summed E-state index contributed by atoms with van der Waals surface area (Å²) >= 11 is 0. The van der Waals surface area contributed by atoms with E-state index in [1.54, 1.807) is 36.5 Å². The Morgan fingerprint density at radius 3 is 2.68 bits per heavy atom. The van der Waals surface area contributed by atoms with E-state index in [-0.39, 0.29) is 11.8 Å². The van der Waals surface area contributed by atoms with Crippen molar-refractivity contribution in [3.05, 3.63) is 89.0 Å². The van der Waals surface area contributed by atoms with Crippen LogP contribution in [0.15, 0.2) is 71.8 Å². The summed E-state index contributed by atoms with van der Waals surface area (Å²) in [5.74, 6) is -0.753. The first-order valence-electron chi connectivity index (χ1n) is 9.69. The van der Waals surface area contributed by atoms with Crippen LogP contribution in [0, 0.1) is 0 Å². The number of nitrogens with one attached hydrogen (secondary N) is 3. The summed E-state index contributed by atoms with van der Waals surface area (Å²) in [6, 6.07) is 19.5. The van der Waals surface area contributed by atoms with Gasteiger partial charge in [-0.1, -0.05) is 42.5 Å². The largest absolute Gasteiger partial charge is 0.354 e. The average Bonchev–Trinajstić information content (AvgIpc) is 3.08. The number of alkyl halides is 1. The summed E-state index contributed by atoms with van der Waals surface area (Å²) in [5.41, 5.74) is 7.39. The van der Waals surface area contributed by atoms with Gasteiger partial charge in [0.25, 0.3) is 11.8 Å². The molecule has 0 radical (unpaired) electrons. The van der Waals surface area contributed by atoms with Crippen LogP contribution in [0.25, 0.3) is 22.2 Å². The lowest BCUT2D eigenvalue weighted by atomic mass is 10.0. The highest BCUT2D eigenvalue weighted by Gasteiger charge is 2.22. The highest BCUT2D eigenvalue weighted by molar-refractivity contribution is 6.18. The maximum absolute atomic E-state index is 12.9. The number of H-pyrrole nitrogens is 1. The monoisotopic (exact) mass is 412 g/mol. The van der Waals surface area contributed by atoms with Gasteiger partial charge in [0.05, 0.1) is 17.5 Å². The van der Waals surface area contributed by atoms with Gasteiger partial charge in [-0.05, 0) is 35.4 Å². The van der Waals surface area contributed by atoms with Crippen LogP contribution in [-0.4, -0.2) is 23.0 Å². The van der Waals surface area contributed by atoms with Crippen LogP contribution >= 0.6 is 0 Å². The molecule has 0 aliphatic carbocycles. The number of rotatable bonds is 4. The third kappa shape index (κ3) is 3.36. The first-order valence-corrected chi connectivity index (χ1v) is 9.69. The minimum atomic E-state index is -0.648. The summed E-state index contributed by atoms with van der Waals surface area (Å²) < 4.78 is 12.9. The molecule has 2 amide bonds. The molecule has 6 nitrogen and oxygen atoms in total. The first-order chi connectivity index (χ1) is 15.1. The van der Waals surface area contributed by atoms with Gasteiger partial charge in [-0.25, -0.2) is 9.82 Å². The van der Waals surface area contributed by atoms with Gasteiger partial charge in [-0.3, -0.25) is 9.59 Å². The fourth-order valence-electron chi connectivity index (χ4n) is 3.79. The predicted molar refractivity (Wildman–Crippen MR) is 118 cm³/mol. The summed E-state index contributed by atoms with van der Waals surface area (Å²) in [5, 5.41) is 7.58. The van der Waals surface area contributed by atoms with Crippen molar-refractivity contribution in [1.82, 2.24) is 10.4 Å². The summed E-state index contributed by atoms with van der Waals surface area (Å²) in [6.45, 7) is -0.648. The number of aromatic amines is 1. The molecule has 0 atom stereocenters. The van der Waals surface area contributed by atoms with Crippen molar-refractivity contribution in [3.8, 4) is 11.3 Å². The van der Waals surface area contributed by atoms with E-state index in [1.807, 2.05) is 30.3 Å². The lowest BCUT2D eigenvalue weighted by Crippen LogP contribution is -2.17. The van der Waals surface area contributed by atoms with Gasteiger partial charge in [0.2, 0.25) is 0 Å². The Morgan fingerprint density at radius 1 is 1.03 bits per heavy atom. The molecule has 31 heavy (non-hydrogen) atoms. The molecule has 0 saturated carbocycles. The second-order valence-electron chi connectivity index (χ2n) is 7.21. The Morgan fingerprint density at radius 2 is 1.87 bits per heavy atom. The molecule has 1 aliphatic rings. The zero-order valence-electron chi connectivity index (χ0n) is 16.3. The van der Waals surface area contributed by atoms with E-state index < -0.39 is 6.67 Å². The van der Waals surface area contributed by atoms with Crippen LogP contribution in [0.1, 0.15) is 31.8 Å². The number of nitrogens with zero attached hydrogens (tertiary/aromatic N) is 1. The lowest BCUT2D eigenvalue weighted by molar-refractivity contribution is 0.0955. The normalized spacial score (nSPS) is 12.5. The van der Waals surface area contributed by atoms with Crippen molar-refractivity contribution in [2.75, 3.05) is 5.32 Å². The summed E-state index contributed by atoms with van der Waals surface area (Å²) in [7, 11) is 0. The number of benzene rings is 3. The molecule has 3 aromatic carbocycles. The van der Waals surface area contributed by atoms with E-state index in [0.29, 0.717) is 27.9 Å². The second kappa shape index (κ2) is 7.53. The van der Waals surface area contributed by atoms with Crippen LogP contribution in [-0.2, 0) is 6.67 Å². The number of aromatic nitrogens is 1. The number of hydrogen-bond donors (Lipinski definition) is 3. The van der Waals surface area contributed by atoms with Crippen LogP contribution in [0.4, 0.5) is 10.1 Å². The van der Waals surface area contributed by atoms with Crippen molar-refractivity contribution in [2.45, 2.75) is 6.67 Å². The molecule has 0 saturated heterocycles. The predicted octanol–water partition coefficient (Wildman–Crippen LogP) is 4.63. The quantitative estimate of drug-likeness (QED) is 0.456. The lowest BCUT2D eigenvalue weighted by Gasteiger charge is -2.09. The summed E-state index contributed by atoms with van der Waals surface area (Å²) in [6.07, 6.45) is 1.62. The Balaban J connectivity index is 1.61. The van der Waals surface area contributed by atoms with Crippen molar-refractivity contribution in [1.29, 1.82) is 0 Å². The molecular formula is C24H17FN4O2. The Hall–Kier alpha value is -4.26. The molecule has 0 unspecified atom stereocenters. The molecule has 152 valence electrons. The van der Waals surface area contributed by atoms with Crippen molar-refractivity contribution < 1.29 is 14.0 Å². The van der Waals surface area contributed by atoms with Gasteiger partial charge in [-0.15, -0.1) is 0 Å². The van der Waals surface area contributed by atoms with E-state index in [1.165, 1.54) is 6.07 Å². The number of carbonyl (C=O) groups excluding carboxylic acids is 2. The first kappa shape index (κ1) is 18.7. The standard InChI is InChI=1S/C24H17FN4O2/c25-12-14-5-4-8-16(9-14)23(30)27-17-10-18-21-19(13-26-29-24(18)31)22(28-20(21)11-17)15-6-2-1-3-7-15/h1-11,13,28H,12H2,(H,27,30)(H,29,31). The topological polar surface area (TPSA) is 86.3 Å². The van der Waals surface area contributed by atoms with Crippen molar-refractivity contribution >= 4 is 34.6 Å². The molecular weight excluding hydrogens is 395 g/mol. The molecule has 1 aromatic heterocycles. The van der Waals surface area contributed by atoms with E-state index in [9.17, 15) is 14.0 Å². The van der Waals surface area contributed by atoms with Gasteiger partial charge in [0.15, 0.2) is 0 Å². The fraction of sp³-hybridized carbons (Fsp3) is 0.0417. The maximum atomic E-state index is 12.9. The SMILES string of the molecule is O=C(Nc1cc2c3c(c(-c4ccccc4)[nH]c3c1)C=NNC2=O)c1cccc(CF)c1. The van der Waals surface area contributed by atoms with E-state index in [0.717, 1.165) is 22.2 Å². The number of hydrogen-bond acceptors (Lipinski definition) is 3. The van der Waals surface area contributed by atoms with Gasteiger partial charge in [-0.2, -0.15) is 5.10 Å². The number of amides is 2. The highest BCUT2D eigenvalue weighted by Crippen LogP contribution is 2.34. The minimum Gasteiger partial charge on any atom is -0.354 e. The molecule has 0 bridgehead atoms. The van der Waals surface area contributed by atoms with Gasteiger partial charge < -0.3 is 10.3 Å². The van der Waals surface area contributed by atoms with Gasteiger partial charge in [0.1, 0.15) is 6.67 Å². The van der Waals surface area contributed by atoms with Gasteiger partial charge >= 0.3 is 0 Å².